The number of halogens is 1. The fourth-order valence-corrected chi connectivity index (χ4v) is 3.49. The normalized spacial score (nSPS) is 14.4. The van der Waals surface area contributed by atoms with E-state index in [-0.39, 0.29) is 34.2 Å². The fourth-order valence-electron chi connectivity index (χ4n) is 3.15. The zero-order valence-electron chi connectivity index (χ0n) is 18.7. The number of carbonyl (C=O) groups excluding carboxylic acids is 2. The van der Waals surface area contributed by atoms with Gasteiger partial charge in [0.15, 0.2) is 0 Å². The molecule has 0 saturated carbocycles. The Labute approximate surface area is 178 Å². The lowest BCUT2D eigenvalue weighted by Crippen LogP contribution is -2.33. The van der Waals surface area contributed by atoms with Gasteiger partial charge in [-0.1, -0.05) is 71.3 Å². The topological polar surface area (TPSA) is 52.6 Å². The van der Waals surface area contributed by atoms with E-state index in [1.54, 1.807) is 12.1 Å². The molecule has 0 aromatic heterocycles. The summed E-state index contributed by atoms with van der Waals surface area (Å²) < 4.78 is 12.3. The first-order valence-corrected chi connectivity index (χ1v) is 10.7. The summed E-state index contributed by atoms with van der Waals surface area (Å²) in [7, 11) is 0. The van der Waals surface area contributed by atoms with Gasteiger partial charge in [-0.2, -0.15) is 0 Å². The minimum Gasteiger partial charge on any atom is -0.458 e. The van der Waals surface area contributed by atoms with Crippen LogP contribution >= 0.6 is 15.9 Å². The largest absolute Gasteiger partial charge is 0.458 e. The maximum absolute atomic E-state index is 13.0. The van der Waals surface area contributed by atoms with E-state index < -0.39 is 11.9 Å². The Morgan fingerprint density at radius 2 is 1.21 bits per heavy atom. The number of benzene rings is 1. The number of hydrogen-bond donors (Lipinski definition) is 0. The van der Waals surface area contributed by atoms with Crippen molar-refractivity contribution in [2.24, 2.45) is 10.8 Å². The molecule has 0 spiro atoms. The summed E-state index contributed by atoms with van der Waals surface area (Å²) in [6.07, 6.45) is 0.906. The number of ether oxygens (including phenoxy) is 2. The van der Waals surface area contributed by atoms with E-state index in [0.29, 0.717) is 12.8 Å². The predicted octanol–water partition coefficient (Wildman–Crippen LogP) is 6.72. The highest BCUT2D eigenvalue weighted by Crippen LogP contribution is 2.30. The van der Waals surface area contributed by atoms with Gasteiger partial charge in [0.2, 0.25) is 0 Å². The van der Waals surface area contributed by atoms with Crippen LogP contribution in [0.3, 0.4) is 0 Å². The summed E-state index contributed by atoms with van der Waals surface area (Å²) in [5.41, 5.74) is 0.961. The van der Waals surface area contributed by atoms with Gasteiger partial charge in [0.05, 0.1) is 11.1 Å². The number of rotatable bonds is 6. The number of carbonyl (C=O) groups is 2. The van der Waals surface area contributed by atoms with Gasteiger partial charge in [-0.05, 0) is 48.3 Å². The van der Waals surface area contributed by atoms with Gasteiger partial charge in [0.25, 0.3) is 0 Å². The second kappa shape index (κ2) is 9.43. The number of hydrogen-bond acceptors (Lipinski definition) is 4. The van der Waals surface area contributed by atoms with Crippen molar-refractivity contribution in [2.45, 2.75) is 87.4 Å². The molecular weight excluding hydrogens is 420 g/mol. The molecule has 0 amide bonds. The average Bonchev–Trinajstić information content (AvgIpc) is 2.56. The van der Waals surface area contributed by atoms with Gasteiger partial charge in [-0.15, -0.1) is 0 Å². The fraction of sp³-hybridized carbons (Fsp3) is 0.652. The van der Waals surface area contributed by atoms with Crippen molar-refractivity contribution < 1.29 is 19.1 Å². The third-order valence-electron chi connectivity index (χ3n) is 4.91. The first-order chi connectivity index (χ1) is 12.7. The molecule has 0 aliphatic rings. The first-order valence-electron chi connectivity index (χ1n) is 9.94. The molecule has 1 aromatic carbocycles. The van der Waals surface area contributed by atoms with E-state index in [0.717, 1.165) is 10.0 Å². The maximum atomic E-state index is 13.0. The highest BCUT2D eigenvalue weighted by molar-refractivity contribution is 9.10. The average molecular weight is 455 g/mol. The molecule has 0 N–H and O–H groups in total. The zero-order valence-corrected chi connectivity index (χ0v) is 20.3. The second-order valence-electron chi connectivity index (χ2n) is 9.48. The molecule has 2 atom stereocenters. The third kappa shape index (κ3) is 6.33. The highest BCUT2D eigenvalue weighted by atomic mass is 79.9. The van der Waals surface area contributed by atoms with E-state index in [9.17, 15) is 9.59 Å². The lowest BCUT2D eigenvalue weighted by atomic mass is 9.87. The lowest BCUT2D eigenvalue weighted by Gasteiger charge is -2.30. The minimum atomic E-state index is -0.502. The molecule has 28 heavy (non-hydrogen) atoms. The molecule has 2 unspecified atom stereocenters. The molecule has 0 radical (unpaired) electrons. The van der Waals surface area contributed by atoms with Crippen LogP contribution < -0.4 is 0 Å². The van der Waals surface area contributed by atoms with Crippen LogP contribution in [-0.2, 0) is 9.47 Å². The summed E-state index contributed by atoms with van der Waals surface area (Å²) >= 11 is 3.46. The summed E-state index contributed by atoms with van der Waals surface area (Å²) in [6, 6.07) is 3.35. The Hall–Kier alpha value is -1.36. The Balaban J connectivity index is 3.28. The summed E-state index contributed by atoms with van der Waals surface area (Å²) in [5.74, 6) is -0.994. The van der Waals surface area contributed by atoms with E-state index in [1.165, 1.54) is 0 Å². The van der Waals surface area contributed by atoms with Crippen LogP contribution in [-0.4, -0.2) is 24.1 Å². The van der Waals surface area contributed by atoms with Crippen LogP contribution in [0.15, 0.2) is 16.6 Å². The van der Waals surface area contributed by atoms with Gasteiger partial charge in [0.1, 0.15) is 12.2 Å². The maximum Gasteiger partial charge on any atom is 0.339 e. The molecule has 5 heteroatoms. The molecule has 0 saturated heterocycles. The summed E-state index contributed by atoms with van der Waals surface area (Å²) in [4.78, 5) is 25.9. The van der Waals surface area contributed by atoms with E-state index >= 15 is 0 Å². The zero-order chi connectivity index (χ0) is 21.9. The lowest BCUT2D eigenvalue weighted by molar-refractivity contribution is -0.00793. The van der Waals surface area contributed by atoms with Gasteiger partial charge >= 0.3 is 11.9 Å². The van der Waals surface area contributed by atoms with Crippen molar-refractivity contribution in [1.82, 2.24) is 0 Å². The molecule has 4 nitrogen and oxygen atoms in total. The Morgan fingerprint density at radius 1 is 0.857 bits per heavy atom. The van der Waals surface area contributed by atoms with E-state index in [4.69, 9.17) is 9.47 Å². The molecule has 0 aliphatic heterocycles. The minimum absolute atomic E-state index is 0.185. The molecule has 1 aromatic rings. The SMILES string of the molecule is CCC(OC(=O)c1cc(C)c(Br)cc1C(=O)OC(CC)C(C)(C)C)C(C)(C)C. The van der Waals surface area contributed by atoms with Crippen molar-refractivity contribution >= 4 is 27.9 Å². The summed E-state index contributed by atoms with van der Waals surface area (Å²) in [6.45, 7) is 18.0. The van der Waals surface area contributed by atoms with Crippen molar-refractivity contribution in [2.75, 3.05) is 0 Å². The number of esters is 2. The highest BCUT2D eigenvalue weighted by Gasteiger charge is 2.32. The van der Waals surface area contributed by atoms with E-state index in [1.807, 2.05) is 62.3 Å². The molecule has 0 heterocycles. The predicted molar refractivity (Wildman–Crippen MR) is 117 cm³/mol. The standard InChI is InChI=1S/C23H35BrO4/c1-10-18(22(4,5)6)27-20(25)15-12-14(3)17(24)13-16(15)21(26)28-19(11-2)23(7,8)9/h12-13,18-19H,10-11H2,1-9H3. The summed E-state index contributed by atoms with van der Waals surface area (Å²) in [5, 5.41) is 0. The Morgan fingerprint density at radius 3 is 1.54 bits per heavy atom. The molecule has 0 bridgehead atoms. The molecular formula is C23H35BrO4. The van der Waals surface area contributed by atoms with Gasteiger partial charge in [0, 0.05) is 4.47 Å². The van der Waals surface area contributed by atoms with E-state index in [2.05, 4.69) is 15.9 Å². The second-order valence-corrected chi connectivity index (χ2v) is 10.3. The van der Waals surface area contributed by atoms with Gasteiger partial charge in [-0.25, -0.2) is 9.59 Å². The first kappa shape index (κ1) is 24.7. The monoisotopic (exact) mass is 454 g/mol. The Kier molecular flexibility index (Phi) is 8.31. The van der Waals surface area contributed by atoms with Gasteiger partial charge < -0.3 is 9.47 Å². The van der Waals surface area contributed by atoms with Crippen LogP contribution in [0, 0.1) is 17.8 Å². The van der Waals surface area contributed by atoms with Crippen LogP contribution in [0.5, 0.6) is 0 Å². The molecule has 0 aliphatic carbocycles. The van der Waals surface area contributed by atoms with Crippen molar-refractivity contribution in [3.63, 3.8) is 0 Å². The third-order valence-corrected chi connectivity index (χ3v) is 5.76. The Bertz CT molecular complexity index is 650. The van der Waals surface area contributed by atoms with Gasteiger partial charge in [-0.3, -0.25) is 0 Å². The molecule has 0 fully saturated rings. The molecule has 1 rings (SSSR count). The smallest absolute Gasteiger partial charge is 0.339 e. The van der Waals surface area contributed by atoms with Crippen LogP contribution in [0.1, 0.15) is 94.5 Å². The van der Waals surface area contributed by atoms with Crippen molar-refractivity contribution in [1.29, 1.82) is 0 Å². The number of aryl methyl sites for hydroxylation is 1. The quantitative estimate of drug-likeness (QED) is 0.447. The van der Waals surface area contributed by atoms with Crippen LogP contribution in [0.4, 0.5) is 0 Å². The molecule has 158 valence electrons. The van der Waals surface area contributed by atoms with Crippen molar-refractivity contribution in [3.8, 4) is 0 Å². The van der Waals surface area contributed by atoms with Crippen LogP contribution in [0.25, 0.3) is 0 Å². The van der Waals surface area contributed by atoms with Crippen LogP contribution in [0.2, 0.25) is 0 Å². The van der Waals surface area contributed by atoms with Crippen molar-refractivity contribution in [3.05, 3.63) is 33.3 Å².